The number of para-hydroxylation sites is 3. The van der Waals surface area contributed by atoms with Crippen molar-refractivity contribution < 1.29 is 14.3 Å². The van der Waals surface area contributed by atoms with Gasteiger partial charge in [0.1, 0.15) is 6.10 Å². The topological polar surface area (TPSA) is 47.6 Å². The minimum atomic E-state index is -0.662. The molecule has 0 radical (unpaired) electrons. The average Bonchev–Trinajstić information content (AvgIpc) is 2.47. The molecule has 1 amide bonds. The van der Waals surface area contributed by atoms with Gasteiger partial charge >= 0.3 is 0 Å². The highest BCUT2D eigenvalue weighted by Gasteiger charge is 2.33. The Balaban J connectivity index is 1.76. The number of nitrogens with one attached hydrogen (secondary N) is 1. The molecule has 2 aromatic rings. The zero-order valence-electron chi connectivity index (χ0n) is 11.1. The van der Waals surface area contributed by atoms with E-state index in [2.05, 4.69) is 5.32 Å². The van der Waals surface area contributed by atoms with E-state index < -0.39 is 6.10 Å². The molecule has 2 atom stereocenters. The molecule has 0 fully saturated rings. The second kappa shape index (κ2) is 5.25. The van der Waals surface area contributed by atoms with E-state index in [9.17, 15) is 4.79 Å². The third kappa shape index (κ3) is 2.45. The number of ether oxygens (including phenoxy) is 2. The first kappa shape index (κ1) is 12.5. The second-order valence-corrected chi connectivity index (χ2v) is 4.66. The molecule has 0 unspecified atom stereocenters. The van der Waals surface area contributed by atoms with E-state index in [1.807, 2.05) is 55.5 Å². The number of hydrogen-bond donors (Lipinski definition) is 1. The molecule has 0 aromatic heterocycles. The lowest BCUT2D eigenvalue weighted by molar-refractivity contribution is -0.128. The van der Waals surface area contributed by atoms with Gasteiger partial charge in [0.15, 0.2) is 11.5 Å². The van der Waals surface area contributed by atoms with Gasteiger partial charge in [-0.1, -0.05) is 30.3 Å². The standard InChI is InChI=1S/C16H15NO3/c1-11-15(16(18)17-12-7-3-2-4-8-12)20-14-10-6-5-9-13(14)19-11/h2-11,15H,1H3,(H,17,18)/t11-,15-/m0/s1. The SMILES string of the molecule is C[C@@H]1Oc2ccccc2O[C@@H]1C(=O)Nc1ccccc1. The summed E-state index contributed by atoms with van der Waals surface area (Å²) in [5.41, 5.74) is 0.743. The van der Waals surface area contributed by atoms with Crippen LogP contribution >= 0.6 is 0 Å². The number of fused-ring (bicyclic) bond motifs is 1. The van der Waals surface area contributed by atoms with Gasteiger partial charge in [0.05, 0.1) is 0 Å². The van der Waals surface area contributed by atoms with Gasteiger partial charge in [0, 0.05) is 5.69 Å². The molecule has 1 heterocycles. The predicted octanol–water partition coefficient (Wildman–Crippen LogP) is 2.85. The lowest BCUT2D eigenvalue weighted by atomic mass is 10.1. The molecule has 0 aliphatic carbocycles. The van der Waals surface area contributed by atoms with Crippen molar-refractivity contribution in [1.82, 2.24) is 0 Å². The van der Waals surface area contributed by atoms with Crippen LogP contribution in [0, 0.1) is 0 Å². The van der Waals surface area contributed by atoms with Crippen LogP contribution < -0.4 is 14.8 Å². The fourth-order valence-corrected chi connectivity index (χ4v) is 2.14. The molecule has 0 bridgehead atoms. The fraction of sp³-hybridized carbons (Fsp3) is 0.188. The van der Waals surface area contributed by atoms with Crippen LogP contribution in [0.3, 0.4) is 0 Å². The Kier molecular flexibility index (Phi) is 3.29. The molecule has 1 aliphatic rings. The van der Waals surface area contributed by atoms with E-state index >= 15 is 0 Å². The highest BCUT2D eigenvalue weighted by atomic mass is 16.6. The van der Waals surface area contributed by atoms with Gasteiger partial charge in [0.2, 0.25) is 6.10 Å². The highest BCUT2D eigenvalue weighted by molar-refractivity contribution is 5.95. The van der Waals surface area contributed by atoms with E-state index in [0.717, 1.165) is 5.69 Å². The first-order chi connectivity index (χ1) is 9.74. The molecule has 1 aliphatic heterocycles. The summed E-state index contributed by atoms with van der Waals surface area (Å²) in [6, 6.07) is 16.7. The van der Waals surface area contributed by atoms with Crippen LogP contribution in [0.2, 0.25) is 0 Å². The molecule has 4 nitrogen and oxygen atoms in total. The van der Waals surface area contributed by atoms with Crippen molar-refractivity contribution in [3.8, 4) is 11.5 Å². The quantitative estimate of drug-likeness (QED) is 0.912. The van der Waals surface area contributed by atoms with E-state index in [0.29, 0.717) is 11.5 Å². The van der Waals surface area contributed by atoms with Crippen LogP contribution in [0.25, 0.3) is 0 Å². The summed E-state index contributed by atoms with van der Waals surface area (Å²) < 4.78 is 11.5. The number of carbonyl (C=O) groups is 1. The summed E-state index contributed by atoms with van der Waals surface area (Å²) in [6.45, 7) is 1.82. The van der Waals surface area contributed by atoms with Gasteiger partial charge in [-0.2, -0.15) is 0 Å². The molecular weight excluding hydrogens is 254 g/mol. The monoisotopic (exact) mass is 269 g/mol. The van der Waals surface area contributed by atoms with Crippen LogP contribution in [-0.4, -0.2) is 18.1 Å². The number of hydrogen-bond acceptors (Lipinski definition) is 3. The molecule has 4 heteroatoms. The van der Waals surface area contributed by atoms with Crippen LogP contribution in [0.4, 0.5) is 5.69 Å². The van der Waals surface area contributed by atoms with E-state index in [4.69, 9.17) is 9.47 Å². The summed E-state index contributed by atoms with van der Waals surface area (Å²) in [5, 5.41) is 2.83. The number of rotatable bonds is 2. The van der Waals surface area contributed by atoms with Crippen LogP contribution in [0.15, 0.2) is 54.6 Å². The maximum atomic E-state index is 12.3. The van der Waals surface area contributed by atoms with Crippen LogP contribution in [-0.2, 0) is 4.79 Å². The molecule has 102 valence electrons. The summed E-state index contributed by atoms with van der Waals surface area (Å²) in [5.74, 6) is 1.06. The maximum Gasteiger partial charge on any atom is 0.269 e. The highest BCUT2D eigenvalue weighted by Crippen LogP contribution is 2.33. The van der Waals surface area contributed by atoms with Crippen molar-refractivity contribution in [3.63, 3.8) is 0 Å². The van der Waals surface area contributed by atoms with Crippen LogP contribution in [0.1, 0.15) is 6.92 Å². The third-order valence-corrected chi connectivity index (χ3v) is 3.14. The normalized spacial score (nSPS) is 20.2. The summed E-state index contributed by atoms with van der Waals surface area (Å²) in [7, 11) is 0. The Morgan fingerprint density at radius 2 is 1.55 bits per heavy atom. The summed E-state index contributed by atoms with van der Waals surface area (Å²) >= 11 is 0. The summed E-state index contributed by atoms with van der Waals surface area (Å²) in [6.07, 6.45) is -1.00. The van der Waals surface area contributed by atoms with Gasteiger partial charge in [-0.15, -0.1) is 0 Å². The molecule has 0 saturated heterocycles. The van der Waals surface area contributed by atoms with Crippen molar-refractivity contribution in [2.45, 2.75) is 19.1 Å². The van der Waals surface area contributed by atoms with Crippen molar-refractivity contribution in [1.29, 1.82) is 0 Å². The lowest BCUT2D eigenvalue weighted by Gasteiger charge is -2.30. The molecular formula is C16H15NO3. The number of amides is 1. The number of benzene rings is 2. The fourth-order valence-electron chi connectivity index (χ4n) is 2.14. The minimum absolute atomic E-state index is 0.210. The molecule has 2 aromatic carbocycles. The number of carbonyl (C=O) groups excluding carboxylic acids is 1. The van der Waals surface area contributed by atoms with Crippen molar-refractivity contribution in [2.75, 3.05) is 5.32 Å². The first-order valence-corrected chi connectivity index (χ1v) is 6.52. The predicted molar refractivity (Wildman–Crippen MR) is 76.0 cm³/mol. The third-order valence-electron chi connectivity index (χ3n) is 3.14. The lowest BCUT2D eigenvalue weighted by Crippen LogP contribution is -2.46. The van der Waals surface area contributed by atoms with E-state index in [1.54, 1.807) is 6.07 Å². The largest absolute Gasteiger partial charge is 0.482 e. The molecule has 3 rings (SSSR count). The minimum Gasteiger partial charge on any atom is -0.482 e. The smallest absolute Gasteiger partial charge is 0.269 e. The van der Waals surface area contributed by atoms with Crippen molar-refractivity contribution in [3.05, 3.63) is 54.6 Å². The van der Waals surface area contributed by atoms with E-state index in [1.165, 1.54) is 0 Å². The van der Waals surface area contributed by atoms with Crippen molar-refractivity contribution in [2.24, 2.45) is 0 Å². The van der Waals surface area contributed by atoms with Gasteiger partial charge in [-0.25, -0.2) is 0 Å². The maximum absolute atomic E-state index is 12.3. The molecule has 20 heavy (non-hydrogen) atoms. The van der Waals surface area contributed by atoms with Crippen molar-refractivity contribution >= 4 is 11.6 Å². The average molecular weight is 269 g/mol. The Labute approximate surface area is 117 Å². The Morgan fingerprint density at radius 1 is 0.950 bits per heavy atom. The zero-order chi connectivity index (χ0) is 13.9. The first-order valence-electron chi connectivity index (χ1n) is 6.52. The van der Waals surface area contributed by atoms with Crippen LogP contribution in [0.5, 0.6) is 11.5 Å². The molecule has 0 spiro atoms. The molecule has 0 saturated carbocycles. The van der Waals surface area contributed by atoms with Gasteiger partial charge in [-0.3, -0.25) is 4.79 Å². The van der Waals surface area contributed by atoms with Gasteiger partial charge in [-0.05, 0) is 31.2 Å². The zero-order valence-corrected chi connectivity index (χ0v) is 11.1. The summed E-state index contributed by atoms with van der Waals surface area (Å²) in [4.78, 5) is 12.3. The Bertz CT molecular complexity index is 612. The van der Waals surface area contributed by atoms with Gasteiger partial charge < -0.3 is 14.8 Å². The second-order valence-electron chi connectivity index (χ2n) is 4.66. The molecule has 1 N–H and O–H groups in total. The Morgan fingerprint density at radius 3 is 2.25 bits per heavy atom. The Hall–Kier alpha value is -2.49. The van der Waals surface area contributed by atoms with E-state index in [-0.39, 0.29) is 12.0 Å². The number of anilines is 1. The van der Waals surface area contributed by atoms with Gasteiger partial charge in [0.25, 0.3) is 5.91 Å².